The van der Waals surface area contributed by atoms with Crippen LogP contribution in [0.5, 0.6) is 5.75 Å². The van der Waals surface area contributed by atoms with E-state index in [1.807, 2.05) is 24.3 Å². The summed E-state index contributed by atoms with van der Waals surface area (Å²) in [5.74, 6) is 0.601. The van der Waals surface area contributed by atoms with Gasteiger partial charge in [-0.15, -0.1) is 0 Å². The van der Waals surface area contributed by atoms with Crippen LogP contribution < -0.4 is 15.4 Å². The lowest BCUT2D eigenvalue weighted by atomic mass is 9.85. The average molecular weight is 389 g/mol. The number of benzene rings is 2. The first kappa shape index (κ1) is 18.9. The molecule has 1 fully saturated rings. The SMILES string of the molecule is COc1ccc(NC(=O)c2ccnc3ccccc23)c(C(=O)NCC2CCC2)c1. The third-order valence-electron chi connectivity index (χ3n) is 5.39. The fraction of sp³-hybridized carbons (Fsp3) is 0.261. The molecule has 1 heterocycles. The van der Waals surface area contributed by atoms with Crippen molar-refractivity contribution in [2.45, 2.75) is 19.3 Å². The van der Waals surface area contributed by atoms with Gasteiger partial charge in [0.05, 0.1) is 29.4 Å². The first-order valence-corrected chi connectivity index (χ1v) is 9.77. The van der Waals surface area contributed by atoms with E-state index >= 15 is 0 Å². The molecule has 6 heteroatoms. The van der Waals surface area contributed by atoms with Gasteiger partial charge in [-0.3, -0.25) is 14.6 Å². The van der Waals surface area contributed by atoms with Crippen LogP contribution in [0, 0.1) is 5.92 Å². The summed E-state index contributed by atoms with van der Waals surface area (Å²) in [6.45, 7) is 0.651. The lowest BCUT2D eigenvalue weighted by Gasteiger charge is -2.25. The molecule has 2 N–H and O–H groups in total. The van der Waals surface area contributed by atoms with Gasteiger partial charge < -0.3 is 15.4 Å². The number of ether oxygens (including phenoxy) is 1. The average Bonchev–Trinajstić information content (AvgIpc) is 2.72. The lowest BCUT2D eigenvalue weighted by Crippen LogP contribution is -2.32. The Labute approximate surface area is 169 Å². The van der Waals surface area contributed by atoms with Gasteiger partial charge in [-0.25, -0.2) is 0 Å². The van der Waals surface area contributed by atoms with E-state index in [9.17, 15) is 9.59 Å². The van der Waals surface area contributed by atoms with Gasteiger partial charge in [0.15, 0.2) is 0 Å². The molecule has 0 bridgehead atoms. The number of methoxy groups -OCH3 is 1. The number of rotatable bonds is 6. The molecule has 148 valence electrons. The molecule has 0 atom stereocenters. The second-order valence-corrected chi connectivity index (χ2v) is 7.25. The minimum atomic E-state index is -0.290. The Bertz CT molecular complexity index is 1050. The largest absolute Gasteiger partial charge is 0.497 e. The van der Waals surface area contributed by atoms with Crippen LogP contribution in [-0.2, 0) is 0 Å². The van der Waals surface area contributed by atoms with Gasteiger partial charge in [-0.05, 0) is 49.1 Å². The number of para-hydroxylation sites is 1. The van der Waals surface area contributed by atoms with E-state index in [1.165, 1.54) is 6.42 Å². The monoisotopic (exact) mass is 389 g/mol. The van der Waals surface area contributed by atoms with Gasteiger partial charge in [0.2, 0.25) is 0 Å². The lowest BCUT2D eigenvalue weighted by molar-refractivity contribution is 0.0939. The maximum absolute atomic E-state index is 13.0. The fourth-order valence-corrected chi connectivity index (χ4v) is 3.46. The molecule has 0 unspecified atom stereocenters. The van der Waals surface area contributed by atoms with Crippen LogP contribution in [-0.4, -0.2) is 30.5 Å². The topological polar surface area (TPSA) is 80.3 Å². The number of carbonyl (C=O) groups excluding carboxylic acids is 2. The van der Waals surface area contributed by atoms with Gasteiger partial charge in [0.1, 0.15) is 5.75 Å². The molecule has 4 rings (SSSR count). The molecule has 2 amide bonds. The second kappa shape index (κ2) is 8.31. The number of aromatic nitrogens is 1. The van der Waals surface area contributed by atoms with E-state index in [1.54, 1.807) is 37.6 Å². The molecule has 6 nitrogen and oxygen atoms in total. The van der Waals surface area contributed by atoms with Crippen LogP contribution in [0.2, 0.25) is 0 Å². The molecule has 2 aromatic carbocycles. The zero-order valence-electron chi connectivity index (χ0n) is 16.3. The number of anilines is 1. The Kier molecular flexibility index (Phi) is 5.42. The minimum Gasteiger partial charge on any atom is -0.497 e. The van der Waals surface area contributed by atoms with Crippen molar-refractivity contribution in [3.63, 3.8) is 0 Å². The van der Waals surface area contributed by atoms with Crippen molar-refractivity contribution in [2.75, 3.05) is 19.0 Å². The number of fused-ring (bicyclic) bond motifs is 1. The molecule has 0 radical (unpaired) electrons. The zero-order valence-corrected chi connectivity index (χ0v) is 16.3. The summed E-state index contributed by atoms with van der Waals surface area (Å²) in [4.78, 5) is 30.1. The molecule has 1 aromatic heterocycles. The number of hydrogen-bond acceptors (Lipinski definition) is 4. The molecule has 29 heavy (non-hydrogen) atoms. The third kappa shape index (κ3) is 4.06. The molecular weight excluding hydrogens is 366 g/mol. The van der Waals surface area contributed by atoms with E-state index in [-0.39, 0.29) is 11.8 Å². The molecule has 0 saturated heterocycles. The van der Waals surface area contributed by atoms with Crippen LogP contribution in [0.15, 0.2) is 54.7 Å². The van der Waals surface area contributed by atoms with Crippen LogP contribution >= 0.6 is 0 Å². The van der Waals surface area contributed by atoms with Gasteiger partial charge in [-0.1, -0.05) is 24.6 Å². The summed E-state index contributed by atoms with van der Waals surface area (Å²) in [7, 11) is 1.55. The van der Waals surface area contributed by atoms with Gasteiger partial charge in [0, 0.05) is 18.1 Å². The van der Waals surface area contributed by atoms with Gasteiger partial charge in [-0.2, -0.15) is 0 Å². The summed E-state index contributed by atoms with van der Waals surface area (Å²) >= 11 is 0. The number of carbonyl (C=O) groups is 2. The van der Waals surface area contributed by atoms with Crippen molar-refractivity contribution in [1.82, 2.24) is 10.3 Å². The number of amides is 2. The molecule has 0 aliphatic heterocycles. The Morgan fingerprint density at radius 2 is 1.90 bits per heavy atom. The summed E-state index contributed by atoms with van der Waals surface area (Å²) in [5, 5.41) is 6.62. The first-order valence-electron chi connectivity index (χ1n) is 9.77. The quantitative estimate of drug-likeness (QED) is 0.667. The van der Waals surface area contributed by atoms with Gasteiger partial charge >= 0.3 is 0 Å². The highest BCUT2D eigenvalue weighted by Gasteiger charge is 2.21. The number of hydrogen-bond donors (Lipinski definition) is 2. The Morgan fingerprint density at radius 1 is 1.07 bits per heavy atom. The van der Waals surface area contributed by atoms with E-state index in [0.717, 1.165) is 23.7 Å². The zero-order chi connectivity index (χ0) is 20.2. The van der Waals surface area contributed by atoms with Crippen molar-refractivity contribution in [1.29, 1.82) is 0 Å². The number of pyridine rings is 1. The van der Waals surface area contributed by atoms with Crippen LogP contribution in [0.1, 0.15) is 40.0 Å². The normalized spacial score (nSPS) is 13.6. The van der Waals surface area contributed by atoms with E-state index < -0.39 is 0 Å². The highest BCUT2D eigenvalue weighted by molar-refractivity contribution is 6.14. The number of nitrogens with zero attached hydrogens (tertiary/aromatic N) is 1. The van der Waals surface area contributed by atoms with Crippen molar-refractivity contribution in [3.05, 3.63) is 65.9 Å². The Morgan fingerprint density at radius 3 is 2.66 bits per heavy atom. The standard InChI is InChI=1S/C23H23N3O3/c1-29-16-9-10-21(19(13-16)22(27)25-14-15-5-4-6-15)26-23(28)18-11-12-24-20-8-3-2-7-17(18)20/h2-3,7-13,15H,4-6,14H2,1H3,(H,25,27)(H,26,28). The summed E-state index contributed by atoms with van der Waals surface area (Å²) in [6.07, 6.45) is 5.13. The van der Waals surface area contributed by atoms with E-state index in [4.69, 9.17) is 4.74 Å². The molecule has 0 spiro atoms. The van der Waals surface area contributed by atoms with Crippen LogP contribution in [0.3, 0.4) is 0 Å². The summed E-state index contributed by atoms with van der Waals surface area (Å²) in [5.41, 5.74) is 2.08. The third-order valence-corrected chi connectivity index (χ3v) is 5.39. The smallest absolute Gasteiger partial charge is 0.256 e. The van der Waals surface area contributed by atoms with E-state index in [0.29, 0.717) is 35.0 Å². The van der Waals surface area contributed by atoms with Gasteiger partial charge in [0.25, 0.3) is 11.8 Å². The highest BCUT2D eigenvalue weighted by Crippen LogP contribution is 2.27. The molecule has 1 aliphatic carbocycles. The van der Waals surface area contributed by atoms with Crippen LogP contribution in [0.4, 0.5) is 5.69 Å². The fourth-order valence-electron chi connectivity index (χ4n) is 3.46. The number of nitrogens with one attached hydrogen (secondary N) is 2. The predicted octanol–water partition coefficient (Wildman–Crippen LogP) is 4.03. The molecule has 1 saturated carbocycles. The molecular formula is C23H23N3O3. The highest BCUT2D eigenvalue weighted by atomic mass is 16.5. The minimum absolute atomic E-state index is 0.217. The van der Waals surface area contributed by atoms with Crippen molar-refractivity contribution < 1.29 is 14.3 Å². The molecule has 1 aliphatic rings. The van der Waals surface area contributed by atoms with Crippen molar-refractivity contribution in [3.8, 4) is 5.75 Å². The van der Waals surface area contributed by atoms with Crippen molar-refractivity contribution in [2.24, 2.45) is 5.92 Å². The van der Waals surface area contributed by atoms with Crippen molar-refractivity contribution >= 4 is 28.4 Å². The maximum Gasteiger partial charge on any atom is 0.256 e. The summed E-state index contributed by atoms with van der Waals surface area (Å²) in [6, 6.07) is 14.2. The second-order valence-electron chi connectivity index (χ2n) is 7.25. The summed E-state index contributed by atoms with van der Waals surface area (Å²) < 4.78 is 5.26. The van der Waals surface area contributed by atoms with E-state index in [2.05, 4.69) is 15.6 Å². The Balaban J connectivity index is 1.60. The first-order chi connectivity index (χ1) is 14.2. The van der Waals surface area contributed by atoms with Crippen LogP contribution in [0.25, 0.3) is 10.9 Å². The molecule has 3 aromatic rings. The predicted molar refractivity (Wildman–Crippen MR) is 112 cm³/mol. The maximum atomic E-state index is 13.0. The Hall–Kier alpha value is -3.41.